The smallest absolute Gasteiger partial charge is 0.157 e. The van der Waals surface area contributed by atoms with Gasteiger partial charge in [0.25, 0.3) is 0 Å². The average Bonchev–Trinajstić information content (AvgIpc) is 3.32. The molecule has 0 aliphatic carbocycles. The molecule has 26 heavy (non-hydrogen) atoms. The van der Waals surface area contributed by atoms with Crippen LogP contribution in [0, 0.1) is 11.8 Å². The topological polar surface area (TPSA) is 55.1 Å². The van der Waals surface area contributed by atoms with E-state index < -0.39 is 0 Å². The monoisotopic (exact) mass is 379 g/mol. The Balaban J connectivity index is 1.76. The van der Waals surface area contributed by atoms with Gasteiger partial charge in [-0.3, -0.25) is 14.4 Å². The van der Waals surface area contributed by atoms with Crippen molar-refractivity contribution in [1.82, 2.24) is 19.4 Å². The minimum atomic E-state index is -0.0833. The number of thiazole rings is 1. The zero-order valence-corrected chi connectivity index (χ0v) is 16.3. The van der Waals surface area contributed by atoms with E-state index in [1.807, 2.05) is 16.7 Å². The van der Waals surface area contributed by atoms with Crippen molar-refractivity contribution in [2.24, 2.45) is 0 Å². The molecule has 7 heteroatoms. The van der Waals surface area contributed by atoms with Gasteiger partial charge >= 0.3 is 0 Å². The first-order valence-electron chi connectivity index (χ1n) is 8.10. The predicted molar refractivity (Wildman–Crippen MR) is 108 cm³/mol. The summed E-state index contributed by atoms with van der Waals surface area (Å²) < 4.78 is 2.04. The quantitative estimate of drug-likeness (QED) is 0.520. The molecule has 4 heterocycles. The molecule has 0 aliphatic heterocycles. The fourth-order valence-electron chi connectivity index (χ4n) is 2.49. The standard InChI is InChI=1S/C19H17N5S2/c1-19(2,3)23-18-17(22-16-11-20-8-9-24(16)18)15-7-6-13(26-15)4-5-14-10-21-12-25-14/h6-12,23H,1-3H3. The minimum Gasteiger partial charge on any atom is -0.365 e. The maximum Gasteiger partial charge on any atom is 0.157 e. The number of rotatable bonds is 2. The van der Waals surface area contributed by atoms with Gasteiger partial charge in [-0.1, -0.05) is 0 Å². The van der Waals surface area contributed by atoms with Gasteiger partial charge in [0.2, 0.25) is 0 Å². The largest absolute Gasteiger partial charge is 0.365 e. The van der Waals surface area contributed by atoms with E-state index in [2.05, 4.69) is 54.0 Å². The number of imidazole rings is 1. The van der Waals surface area contributed by atoms with Gasteiger partial charge in [0, 0.05) is 17.9 Å². The third kappa shape index (κ3) is 3.47. The van der Waals surface area contributed by atoms with Crippen LogP contribution >= 0.6 is 22.7 Å². The molecule has 4 aromatic rings. The highest BCUT2D eigenvalue weighted by molar-refractivity contribution is 7.16. The van der Waals surface area contributed by atoms with Crippen molar-refractivity contribution in [3.05, 3.63) is 52.2 Å². The Bertz CT molecular complexity index is 1100. The molecule has 0 unspecified atom stereocenters. The third-order valence-electron chi connectivity index (χ3n) is 3.50. The van der Waals surface area contributed by atoms with Crippen LogP contribution in [-0.4, -0.2) is 24.9 Å². The van der Waals surface area contributed by atoms with Crippen LogP contribution in [0.5, 0.6) is 0 Å². The Kier molecular flexibility index (Phi) is 4.23. The van der Waals surface area contributed by atoms with Gasteiger partial charge in [0.1, 0.15) is 11.5 Å². The lowest BCUT2D eigenvalue weighted by molar-refractivity contribution is 0.629. The van der Waals surface area contributed by atoms with Crippen LogP contribution < -0.4 is 5.32 Å². The molecule has 0 aromatic carbocycles. The Morgan fingerprint density at radius 1 is 1.08 bits per heavy atom. The number of anilines is 1. The summed E-state index contributed by atoms with van der Waals surface area (Å²) in [5.74, 6) is 7.33. The maximum absolute atomic E-state index is 4.78. The van der Waals surface area contributed by atoms with Crippen LogP contribution in [0.15, 0.2) is 42.4 Å². The van der Waals surface area contributed by atoms with E-state index in [0.29, 0.717) is 0 Å². The summed E-state index contributed by atoms with van der Waals surface area (Å²) in [5.41, 5.74) is 3.45. The molecule has 1 N–H and O–H groups in total. The van der Waals surface area contributed by atoms with Gasteiger partial charge in [-0.15, -0.1) is 22.7 Å². The maximum atomic E-state index is 4.78. The Morgan fingerprint density at radius 2 is 1.92 bits per heavy atom. The molecule has 0 saturated carbocycles. The number of hydrogen-bond donors (Lipinski definition) is 1. The van der Waals surface area contributed by atoms with E-state index in [9.17, 15) is 0 Å². The first kappa shape index (κ1) is 16.8. The van der Waals surface area contributed by atoms with Crippen molar-refractivity contribution < 1.29 is 0 Å². The molecule has 0 spiro atoms. The molecule has 5 nitrogen and oxygen atoms in total. The van der Waals surface area contributed by atoms with E-state index in [-0.39, 0.29) is 5.54 Å². The van der Waals surface area contributed by atoms with Crippen molar-refractivity contribution in [3.8, 4) is 22.4 Å². The molecule has 0 atom stereocenters. The van der Waals surface area contributed by atoms with Gasteiger partial charge in [0.05, 0.1) is 32.5 Å². The fraction of sp³-hybridized carbons (Fsp3) is 0.211. The van der Waals surface area contributed by atoms with Gasteiger partial charge in [0.15, 0.2) is 5.65 Å². The summed E-state index contributed by atoms with van der Waals surface area (Å²) in [5, 5.41) is 3.57. The van der Waals surface area contributed by atoms with Crippen molar-refractivity contribution >= 4 is 34.1 Å². The number of nitrogens with zero attached hydrogens (tertiary/aromatic N) is 4. The molecule has 0 radical (unpaired) electrons. The molecule has 0 bridgehead atoms. The van der Waals surface area contributed by atoms with Crippen LogP contribution in [0.25, 0.3) is 16.2 Å². The van der Waals surface area contributed by atoms with Crippen molar-refractivity contribution in [3.63, 3.8) is 0 Å². The SMILES string of the molecule is CC(C)(C)Nc1c(-c2ccc(C#Cc3cncs3)s2)nc2cnccn12. The second-order valence-electron chi connectivity index (χ2n) is 6.77. The number of hydrogen-bond acceptors (Lipinski definition) is 6. The first-order chi connectivity index (χ1) is 12.5. The summed E-state index contributed by atoms with van der Waals surface area (Å²) in [7, 11) is 0. The summed E-state index contributed by atoms with van der Waals surface area (Å²) in [6.45, 7) is 6.41. The van der Waals surface area contributed by atoms with E-state index in [1.54, 1.807) is 46.8 Å². The van der Waals surface area contributed by atoms with Crippen LogP contribution in [-0.2, 0) is 0 Å². The van der Waals surface area contributed by atoms with Crippen LogP contribution in [0.1, 0.15) is 30.5 Å². The molecule has 0 fully saturated rings. The summed E-state index contributed by atoms with van der Waals surface area (Å²) >= 11 is 3.18. The number of aromatic nitrogens is 4. The molecule has 0 aliphatic rings. The van der Waals surface area contributed by atoms with Crippen molar-refractivity contribution in [1.29, 1.82) is 0 Å². The normalized spacial score (nSPS) is 11.3. The lowest BCUT2D eigenvalue weighted by atomic mass is 10.1. The second-order valence-corrected chi connectivity index (χ2v) is 8.74. The zero-order valence-electron chi connectivity index (χ0n) is 14.6. The summed E-state index contributed by atoms with van der Waals surface area (Å²) in [6.07, 6.45) is 7.26. The van der Waals surface area contributed by atoms with Crippen LogP contribution in [0.4, 0.5) is 5.82 Å². The lowest BCUT2D eigenvalue weighted by Gasteiger charge is -2.22. The third-order valence-corrected chi connectivity index (χ3v) is 5.20. The highest BCUT2D eigenvalue weighted by atomic mass is 32.1. The number of thiophene rings is 1. The molecule has 0 amide bonds. The van der Waals surface area contributed by atoms with Crippen molar-refractivity contribution in [2.45, 2.75) is 26.3 Å². The zero-order chi connectivity index (χ0) is 18.1. The Hall–Kier alpha value is -2.69. The van der Waals surface area contributed by atoms with Crippen LogP contribution in [0.3, 0.4) is 0 Å². The van der Waals surface area contributed by atoms with Gasteiger partial charge < -0.3 is 5.32 Å². The molecular weight excluding hydrogens is 362 g/mol. The summed E-state index contributed by atoms with van der Waals surface area (Å²) in [4.78, 5) is 16.1. The van der Waals surface area contributed by atoms with Crippen molar-refractivity contribution in [2.75, 3.05) is 5.32 Å². The lowest BCUT2D eigenvalue weighted by Crippen LogP contribution is -2.27. The Labute approximate surface area is 159 Å². The molecule has 4 aromatic heterocycles. The van der Waals surface area contributed by atoms with Gasteiger partial charge in [-0.25, -0.2) is 4.98 Å². The van der Waals surface area contributed by atoms with E-state index >= 15 is 0 Å². The van der Waals surface area contributed by atoms with E-state index in [4.69, 9.17) is 4.98 Å². The first-order valence-corrected chi connectivity index (χ1v) is 9.80. The van der Waals surface area contributed by atoms with Gasteiger partial charge in [-0.2, -0.15) is 0 Å². The average molecular weight is 380 g/mol. The molecule has 130 valence electrons. The highest BCUT2D eigenvalue weighted by Gasteiger charge is 2.20. The van der Waals surface area contributed by atoms with Gasteiger partial charge in [-0.05, 0) is 44.7 Å². The molecular formula is C19H17N5S2. The number of fused-ring (bicyclic) bond motifs is 1. The minimum absolute atomic E-state index is 0.0833. The van der Waals surface area contributed by atoms with E-state index in [0.717, 1.165) is 31.8 Å². The fourth-order valence-corrected chi connectivity index (χ4v) is 3.80. The predicted octanol–water partition coefficient (Wildman–Crippen LogP) is 4.52. The molecule has 0 saturated heterocycles. The number of nitrogens with one attached hydrogen (secondary N) is 1. The second kappa shape index (κ2) is 6.56. The van der Waals surface area contributed by atoms with Crippen LogP contribution in [0.2, 0.25) is 0 Å². The van der Waals surface area contributed by atoms with E-state index in [1.165, 1.54) is 0 Å². The summed E-state index contributed by atoms with van der Waals surface area (Å²) in [6, 6.07) is 4.11. The molecule has 4 rings (SSSR count). The Morgan fingerprint density at radius 3 is 2.69 bits per heavy atom. The highest BCUT2D eigenvalue weighted by Crippen LogP contribution is 2.34.